The van der Waals surface area contributed by atoms with Crippen LogP contribution in [0.3, 0.4) is 0 Å². The van der Waals surface area contributed by atoms with Gasteiger partial charge in [0.05, 0.1) is 42.6 Å². The number of aromatic nitrogens is 4. The number of hydrogen-bond acceptors (Lipinski definition) is 8. The minimum atomic E-state index is -1.12. The molecular formula is C23H27FN8O3. The summed E-state index contributed by atoms with van der Waals surface area (Å²) in [5, 5.41) is 28.5. The number of nitrogens with two attached hydrogens (primary N) is 1. The quantitative estimate of drug-likeness (QED) is 0.350. The summed E-state index contributed by atoms with van der Waals surface area (Å²) in [4.78, 5) is 26.7. The van der Waals surface area contributed by atoms with Crippen LogP contribution < -0.4 is 16.4 Å². The number of aliphatic hydroxyl groups is 1. The number of hydrogen-bond donors (Lipinski definition) is 4. The third kappa shape index (κ3) is 4.72. The molecule has 35 heavy (non-hydrogen) atoms. The zero-order chi connectivity index (χ0) is 24.5. The number of alkyl halides is 1. The van der Waals surface area contributed by atoms with Gasteiger partial charge in [0.25, 0.3) is 5.91 Å². The lowest BCUT2D eigenvalue weighted by Gasteiger charge is -2.25. The van der Waals surface area contributed by atoms with Crippen LogP contribution >= 0.6 is 0 Å². The Morgan fingerprint density at radius 1 is 1.20 bits per heavy atom. The van der Waals surface area contributed by atoms with Crippen LogP contribution in [0.4, 0.5) is 4.39 Å². The van der Waals surface area contributed by atoms with E-state index in [4.69, 9.17) is 5.73 Å². The van der Waals surface area contributed by atoms with E-state index < -0.39 is 24.2 Å². The van der Waals surface area contributed by atoms with Crippen molar-refractivity contribution in [3.05, 3.63) is 42.4 Å². The van der Waals surface area contributed by atoms with Crippen LogP contribution in [0.15, 0.2) is 36.7 Å². The van der Waals surface area contributed by atoms with Crippen LogP contribution in [0.5, 0.6) is 0 Å². The van der Waals surface area contributed by atoms with Crippen molar-refractivity contribution in [2.24, 2.45) is 5.73 Å². The molecule has 0 saturated carbocycles. The zero-order valence-corrected chi connectivity index (χ0v) is 19.0. The topological polar surface area (TPSA) is 151 Å². The number of β-amino-alcohol motifs (C(OH)–C–C–N with tert-alkyl or cyclic N) is 1. The summed E-state index contributed by atoms with van der Waals surface area (Å²) < 4.78 is 16.0. The molecule has 4 atom stereocenters. The molecule has 5 N–H and O–H groups in total. The standard InChI is InChI=1S/C23H27FN8O3/c24-15-8-19(23(35)29-17-10-26-11-20(17)33)31(12-15)5-6-32-18-2-1-13(14-3-4-27-28-9-14)7-16(18)21(30-32)22(25)34/h1-4,7,9,15,17,19-20,26,33H,5-6,8,10-12H2,(H2,25,34)(H,29,35). The molecule has 0 aliphatic carbocycles. The van der Waals surface area contributed by atoms with Crippen molar-refractivity contribution in [3.63, 3.8) is 0 Å². The number of nitrogens with zero attached hydrogens (tertiary/aromatic N) is 5. The predicted octanol–water partition coefficient (Wildman–Crippen LogP) is -0.546. The number of amides is 2. The molecule has 2 aromatic heterocycles. The number of likely N-dealkylation sites (tertiary alicyclic amines) is 1. The third-order valence-electron chi connectivity index (χ3n) is 6.67. The second-order valence-corrected chi connectivity index (χ2v) is 8.98. The van der Waals surface area contributed by atoms with Crippen LogP contribution in [0.25, 0.3) is 22.0 Å². The van der Waals surface area contributed by atoms with E-state index in [-0.39, 0.29) is 30.6 Å². The molecule has 5 rings (SSSR count). The average molecular weight is 483 g/mol. The fourth-order valence-electron chi connectivity index (χ4n) is 4.85. The number of rotatable bonds is 7. The van der Waals surface area contributed by atoms with Crippen LogP contribution in [0, 0.1) is 0 Å². The first kappa shape index (κ1) is 23.3. The first-order valence-corrected chi connectivity index (χ1v) is 11.6. The molecule has 0 radical (unpaired) electrons. The molecule has 2 amide bonds. The molecule has 184 valence electrons. The summed E-state index contributed by atoms with van der Waals surface area (Å²) in [6.07, 6.45) is 1.53. The van der Waals surface area contributed by atoms with E-state index in [1.165, 1.54) is 0 Å². The van der Waals surface area contributed by atoms with Crippen molar-refractivity contribution >= 4 is 22.7 Å². The summed E-state index contributed by atoms with van der Waals surface area (Å²) in [6, 6.07) is 6.37. The van der Waals surface area contributed by atoms with Crippen LogP contribution in [-0.2, 0) is 11.3 Å². The summed E-state index contributed by atoms with van der Waals surface area (Å²) in [5.41, 5.74) is 8.13. The smallest absolute Gasteiger partial charge is 0.269 e. The number of aliphatic hydroxyl groups excluding tert-OH is 1. The van der Waals surface area contributed by atoms with Gasteiger partial charge in [0.15, 0.2) is 5.69 Å². The second kappa shape index (κ2) is 9.64. The number of primary amides is 1. The highest BCUT2D eigenvalue weighted by molar-refractivity contribution is 6.05. The summed E-state index contributed by atoms with van der Waals surface area (Å²) in [5.74, 6) is -0.943. The van der Waals surface area contributed by atoms with E-state index in [0.717, 1.165) is 11.1 Å². The summed E-state index contributed by atoms with van der Waals surface area (Å²) in [7, 11) is 0. The molecular weight excluding hydrogens is 455 g/mol. The number of fused-ring (bicyclic) bond motifs is 1. The molecule has 0 spiro atoms. The van der Waals surface area contributed by atoms with Crippen LogP contribution in [0.1, 0.15) is 16.9 Å². The Kier molecular flexibility index (Phi) is 6.41. The molecule has 11 nitrogen and oxygen atoms in total. The van der Waals surface area contributed by atoms with E-state index in [9.17, 15) is 19.1 Å². The van der Waals surface area contributed by atoms with Crippen molar-refractivity contribution in [3.8, 4) is 11.1 Å². The van der Waals surface area contributed by atoms with Gasteiger partial charge >= 0.3 is 0 Å². The number of halogens is 1. The highest BCUT2D eigenvalue weighted by atomic mass is 19.1. The van der Waals surface area contributed by atoms with Gasteiger partial charge in [-0.25, -0.2) is 4.39 Å². The highest BCUT2D eigenvalue weighted by Crippen LogP contribution is 2.27. The van der Waals surface area contributed by atoms with Crippen molar-refractivity contribution in [2.45, 2.75) is 37.3 Å². The molecule has 0 bridgehead atoms. The van der Waals surface area contributed by atoms with Gasteiger partial charge in [-0.2, -0.15) is 15.3 Å². The Morgan fingerprint density at radius 2 is 2.06 bits per heavy atom. The van der Waals surface area contributed by atoms with Crippen molar-refractivity contribution in [2.75, 3.05) is 26.2 Å². The van der Waals surface area contributed by atoms with Gasteiger partial charge in [0.1, 0.15) is 6.17 Å². The van der Waals surface area contributed by atoms with Crippen LogP contribution in [-0.4, -0.2) is 92.3 Å². The van der Waals surface area contributed by atoms with E-state index in [1.807, 2.05) is 24.3 Å². The maximum Gasteiger partial charge on any atom is 0.269 e. The third-order valence-corrected chi connectivity index (χ3v) is 6.67. The fraction of sp³-hybridized carbons (Fsp3) is 0.435. The molecule has 2 saturated heterocycles. The van der Waals surface area contributed by atoms with Gasteiger partial charge in [0, 0.05) is 43.5 Å². The highest BCUT2D eigenvalue weighted by Gasteiger charge is 2.38. The molecule has 2 aliphatic rings. The number of carbonyl (C=O) groups is 2. The molecule has 2 aliphatic heterocycles. The minimum Gasteiger partial charge on any atom is -0.390 e. The molecule has 3 aromatic rings. The monoisotopic (exact) mass is 482 g/mol. The van der Waals surface area contributed by atoms with Gasteiger partial charge in [-0.1, -0.05) is 6.07 Å². The van der Waals surface area contributed by atoms with E-state index in [1.54, 1.807) is 22.0 Å². The van der Waals surface area contributed by atoms with E-state index in [2.05, 4.69) is 25.9 Å². The molecule has 2 fully saturated rings. The minimum absolute atomic E-state index is 0.0950. The normalized spacial score (nSPS) is 24.7. The predicted molar refractivity (Wildman–Crippen MR) is 125 cm³/mol. The van der Waals surface area contributed by atoms with Gasteiger partial charge in [-0.3, -0.25) is 19.2 Å². The largest absolute Gasteiger partial charge is 0.390 e. The Labute approximate surface area is 200 Å². The number of nitrogens with one attached hydrogen (secondary N) is 2. The maximum absolute atomic E-state index is 14.3. The first-order chi connectivity index (χ1) is 16.9. The van der Waals surface area contributed by atoms with Gasteiger partial charge in [-0.15, -0.1) is 0 Å². The number of carbonyl (C=O) groups excluding carboxylic acids is 2. The van der Waals surface area contributed by atoms with Gasteiger partial charge in [0.2, 0.25) is 5.91 Å². The number of benzene rings is 1. The van der Waals surface area contributed by atoms with E-state index >= 15 is 0 Å². The van der Waals surface area contributed by atoms with E-state index in [0.29, 0.717) is 37.1 Å². The summed E-state index contributed by atoms with van der Waals surface area (Å²) in [6.45, 7) is 1.72. The SMILES string of the molecule is NC(=O)c1nn(CCN2CC(F)CC2C(=O)NC2CNCC2O)c2ccc(-c3ccnnc3)cc12. The average Bonchev–Trinajstić information content (AvgIpc) is 3.54. The fourth-order valence-corrected chi connectivity index (χ4v) is 4.85. The van der Waals surface area contributed by atoms with Gasteiger partial charge < -0.3 is 21.5 Å². The first-order valence-electron chi connectivity index (χ1n) is 11.6. The Hall–Kier alpha value is -3.48. The lowest BCUT2D eigenvalue weighted by Crippen LogP contribution is -2.51. The van der Waals surface area contributed by atoms with Crippen molar-refractivity contribution < 1.29 is 19.1 Å². The molecule has 1 aromatic carbocycles. The molecule has 12 heteroatoms. The van der Waals surface area contributed by atoms with Crippen molar-refractivity contribution in [1.82, 2.24) is 35.5 Å². The lowest BCUT2D eigenvalue weighted by atomic mass is 10.0. The summed E-state index contributed by atoms with van der Waals surface area (Å²) >= 11 is 0. The molecule has 4 heterocycles. The van der Waals surface area contributed by atoms with Crippen LogP contribution in [0.2, 0.25) is 0 Å². The van der Waals surface area contributed by atoms with Gasteiger partial charge in [-0.05, 0) is 23.8 Å². The Bertz CT molecular complexity index is 1240. The maximum atomic E-state index is 14.3. The Morgan fingerprint density at radius 3 is 2.77 bits per heavy atom. The zero-order valence-electron chi connectivity index (χ0n) is 19.0. The Balaban J connectivity index is 1.35. The molecule has 4 unspecified atom stereocenters. The van der Waals surface area contributed by atoms with Crippen molar-refractivity contribution in [1.29, 1.82) is 0 Å². The second-order valence-electron chi connectivity index (χ2n) is 8.98. The lowest BCUT2D eigenvalue weighted by molar-refractivity contribution is -0.126.